The van der Waals surface area contributed by atoms with Gasteiger partial charge in [0, 0.05) is 43.5 Å². The van der Waals surface area contributed by atoms with Crippen molar-refractivity contribution in [3.63, 3.8) is 0 Å². The fourth-order valence-electron chi connectivity index (χ4n) is 6.19. The van der Waals surface area contributed by atoms with Crippen LogP contribution in [-0.4, -0.2) is 87.3 Å². The Morgan fingerprint density at radius 2 is 1.69 bits per heavy atom. The molecule has 42 heavy (non-hydrogen) atoms. The summed E-state index contributed by atoms with van der Waals surface area (Å²) in [5.41, 5.74) is 2.38. The quantitative estimate of drug-likeness (QED) is 0.446. The number of carbonyl (C=O) groups is 2. The third-order valence-electron chi connectivity index (χ3n) is 8.50. The SMILES string of the molecule is CC(C)OC(=O)N1CCC(n2ncc3c(N4CC5CCC(C4)O5)nc(-c4ccc(NC(=O)NC5CC5)cc4)nc32)CC1. The number of ether oxygens (including phenoxy) is 2. The van der Waals surface area contributed by atoms with Crippen molar-refractivity contribution in [3.05, 3.63) is 30.5 Å². The van der Waals surface area contributed by atoms with Crippen LogP contribution in [0, 0.1) is 0 Å². The molecule has 2 aromatic heterocycles. The molecule has 3 amide bonds. The molecule has 2 bridgehead atoms. The van der Waals surface area contributed by atoms with Gasteiger partial charge in [-0.15, -0.1) is 0 Å². The minimum Gasteiger partial charge on any atom is -0.447 e. The van der Waals surface area contributed by atoms with Gasteiger partial charge in [-0.05, 0) is 76.6 Å². The number of aromatic nitrogens is 4. The summed E-state index contributed by atoms with van der Waals surface area (Å²) >= 11 is 0. The predicted molar refractivity (Wildman–Crippen MR) is 158 cm³/mol. The van der Waals surface area contributed by atoms with Gasteiger partial charge >= 0.3 is 12.1 Å². The van der Waals surface area contributed by atoms with Crippen LogP contribution < -0.4 is 15.5 Å². The Hall–Kier alpha value is -3.93. The highest BCUT2D eigenvalue weighted by atomic mass is 16.6. The molecule has 1 aliphatic carbocycles. The van der Waals surface area contributed by atoms with E-state index in [1.54, 1.807) is 4.90 Å². The molecule has 12 nitrogen and oxygen atoms in total. The van der Waals surface area contributed by atoms with Crippen LogP contribution in [0.5, 0.6) is 0 Å². The van der Waals surface area contributed by atoms with E-state index in [1.807, 2.05) is 49.0 Å². The first kappa shape index (κ1) is 26.9. The standard InChI is InChI=1S/C30H38N8O4/c1-18(2)41-30(40)36-13-11-22(12-14-36)38-28-25(15-31-38)27(37-16-23-9-10-24(17-37)42-23)34-26(35-28)19-3-5-20(6-4-19)32-29(39)33-21-7-8-21/h3-6,15,18,21-24H,7-14,16-17H2,1-2H3,(H2,32,33,39). The lowest BCUT2D eigenvalue weighted by atomic mass is 10.1. The maximum absolute atomic E-state index is 12.4. The molecule has 3 aliphatic heterocycles. The van der Waals surface area contributed by atoms with Crippen molar-refractivity contribution in [2.24, 2.45) is 0 Å². The van der Waals surface area contributed by atoms with Gasteiger partial charge in [0.2, 0.25) is 0 Å². The lowest BCUT2D eigenvalue weighted by Gasteiger charge is -2.33. The molecule has 7 rings (SSSR count). The molecule has 222 valence electrons. The summed E-state index contributed by atoms with van der Waals surface area (Å²) in [6.07, 6.45) is 7.68. The molecule has 0 radical (unpaired) electrons. The van der Waals surface area contributed by atoms with E-state index in [0.29, 0.717) is 25.0 Å². The minimum absolute atomic E-state index is 0.110. The van der Waals surface area contributed by atoms with Crippen molar-refractivity contribution < 1.29 is 19.1 Å². The maximum Gasteiger partial charge on any atom is 0.410 e. The highest BCUT2D eigenvalue weighted by Gasteiger charge is 2.36. The number of morpholine rings is 1. The van der Waals surface area contributed by atoms with Crippen LogP contribution in [0.1, 0.15) is 58.4 Å². The smallest absolute Gasteiger partial charge is 0.410 e. The van der Waals surface area contributed by atoms with Crippen molar-refractivity contribution in [1.82, 2.24) is 30.0 Å². The van der Waals surface area contributed by atoms with Crippen molar-refractivity contribution >= 4 is 34.7 Å². The van der Waals surface area contributed by atoms with Crippen LogP contribution >= 0.6 is 0 Å². The minimum atomic E-state index is -0.259. The Bertz CT molecular complexity index is 1450. The topological polar surface area (TPSA) is 127 Å². The molecular formula is C30H38N8O4. The first-order valence-electron chi connectivity index (χ1n) is 15.2. The Labute approximate surface area is 244 Å². The fourth-order valence-corrected chi connectivity index (χ4v) is 6.19. The number of nitrogens with one attached hydrogen (secondary N) is 2. The van der Waals surface area contributed by atoms with Gasteiger partial charge in [0.15, 0.2) is 11.5 Å². The molecule has 3 aromatic rings. The van der Waals surface area contributed by atoms with E-state index in [0.717, 1.165) is 79.7 Å². The first-order valence-corrected chi connectivity index (χ1v) is 15.2. The van der Waals surface area contributed by atoms with Crippen LogP contribution in [0.3, 0.4) is 0 Å². The van der Waals surface area contributed by atoms with Gasteiger partial charge in [-0.2, -0.15) is 5.10 Å². The zero-order valence-electron chi connectivity index (χ0n) is 24.2. The van der Waals surface area contributed by atoms with E-state index in [9.17, 15) is 9.59 Å². The van der Waals surface area contributed by atoms with Crippen LogP contribution in [0.2, 0.25) is 0 Å². The highest BCUT2D eigenvalue weighted by molar-refractivity contribution is 5.91. The second kappa shape index (κ2) is 11.0. The summed E-state index contributed by atoms with van der Waals surface area (Å²) in [5.74, 6) is 1.50. The van der Waals surface area contributed by atoms with Gasteiger partial charge in [-0.25, -0.2) is 24.2 Å². The zero-order valence-corrected chi connectivity index (χ0v) is 24.2. The molecule has 4 fully saturated rings. The number of hydrogen-bond acceptors (Lipinski definition) is 8. The molecular weight excluding hydrogens is 536 g/mol. The van der Waals surface area contributed by atoms with Crippen molar-refractivity contribution in [3.8, 4) is 11.4 Å². The number of likely N-dealkylation sites (tertiary alicyclic amines) is 1. The first-order chi connectivity index (χ1) is 20.4. The molecule has 0 spiro atoms. The molecule has 2 unspecified atom stereocenters. The normalized spacial score (nSPS) is 22.5. The second-order valence-electron chi connectivity index (χ2n) is 12.2. The van der Waals surface area contributed by atoms with E-state index in [1.165, 1.54) is 0 Å². The average molecular weight is 575 g/mol. The van der Waals surface area contributed by atoms with Crippen molar-refractivity contribution in [2.45, 2.75) is 82.8 Å². The number of carbonyl (C=O) groups excluding carboxylic acids is 2. The van der Waals surface area contributed by atoms with Gasteiger partial charge in [-0.1, -0.05) is 0 Å². The van der Waals surface area contributed by atoms with E-state index < -0.39 is 0 Å². The number of anilines is 2. The molecule has 3 saturated heterocycles. The average Bonchev–Trinajstić information content (AvgIpc) is 3.59. The van der Waals surface area contributed by atoms with E-state index in [2.05, 4.69) is 15.5 Å². The third-order valence-corrected chi connectivity index (χ3v) is 8.50. The molecule has 2 N–H and O–H groups in total. The Balaban J connectivity index is 1.18. The molecule has 5 heterocycles. The second-order valence-corrected chi connectivity index (χ2v) is 12.2. The van der Waals surface area contributed by atoms with E-state index in [4.69, 9.17) is 24.5 Å². The zero-order chi connectivity index (χ0) is 28.8. The fraction of sp³-hybridized carbons (Fsp3) is 0.567. The summed E-state index contributed by atoms with van der Waals surface area (Å²) < 4.78 is 13.5. The number of nitrogens with zero attached hydrogens (tertiary/aromatic N) is 6. The van der Waals surface area contributed by atoms with Crippen LogP contribution in [0.15, 0.2) is 30.5 Å². The van der Waals surface area contributed by atoms with Gasteiger partial charge in [0.25, 0.3) is 0 Å². The number of fused-ring (bicyclic) bond motifs is 3. The van der Waals surface area contributed by atoms with Crippen molar-refractivity contribution in [2.75, 3.05) is 36.4 Å². The summed E-state index contributed by atoms with van der Waals surface area (Å²) in [7, 11) is 0. The molecule has 1 aromatic carbocycles. The lowest BCUT2D eigenvalue weighted by molar-refractivity contribution is 0.0303. The van der Waals surface area contributed by atoms with Gasteiger partial charge in [-0.3, -0.25) is 0 Å². The summed E-state index contributed by atoms with van der Waals surface area (Å²) in [6.45, 7) is 6.54. The van der Waals surface area contributed by atoms with Crippen LogP contribution in [-0.2, 0) is 9.47 Å². The largest absolute Gasteiger partial charge is 0.447 e. The molecule has 1 saturated carbocycles. The Morgan fingerprint density at radius 1 is 0.976 bits per heavy atom. The third kappa shape index (κ3) is 5.59. The Kier molecular flexibility index (Phi) is 7.09. The monoisotopic (exact) mass is 574 g/mol. The van der Waals surface area contributed by atoms with Crippen LogP contribution in [0.25, 0.3) is 22.4 Å². The van der Waals surface area contributed by atoms with Gasteiger partial charge in [0.1, 0.15) is 5.82 Å². The number of urea groups is 1. The summed E-state index contributed by atoms with van der Waals surface area (Å²) in [6, 6.07) is 7.88. The lowest BCUT2D eigenvalue weighted by Crippen LogP contribution is -2.43. The van der Waals surface area contributed by atoms with Gasteiger partial charge < -0.3 is 29.9 Å². The summed E-state index contributed by atoms with van der Waals surface area (Å²) in [4.78, 5) is 38.9. The number of rotatable bonds is 6. The number of piperidine rings is 1. The number of hydrogen-bond donors (Lipinski definition) is 2. The molecule has 4 aliphatic rings. The maximum atomic E-state index is 12.4. The molecule has 2 atom stereocenters. The predicted octanol–water partition coefficient (Wildman–Crippen LogP) is 4.33. The summed E-state index contributed by atoms with van der Waals surface area (Å²) in [5, 5.41) is 11.6. The Morgan fingerprint density at radius 3 is 2.36 bits per heavy atom. The van der Waals surface area contributed by atoms with E-state index >= 15 is 0 Å². The number of amides is 3. The van der Waals surface area contributed by atoms with Crippen LogP contribution in [0.4, 0.5) is 21.1 Å². The molecule has 12 heteroatoms. The van der Waals surface area contributed by atoms with E-state index in [-0.39, 0.29) is 36.5 Å². The number of benzene rings is 1. The van der Waals surface area contributed by atoms with Gasteiger partial charge in [0.05, 0.1) is 35.9 Å². The highest BCUT2D eigenvalue weighted by Crippen LogP contribution is 2.35. The van der Waals surface area contributed by atoms with Crippen molar-refractivity contribution in [1.29, 1.82) is 0 Å².